The normalized spacial score (nSPS) is 25.1. The largest absolute Gasteiger partial charge is 0.374 e. The summed E-state index contributed by atoms with van der Waals surface area (Å²) in [6.07, 6.45) is 9.44. The van der Waals surface area contributed by atoms with Gasteiger partial charge in [0, 0.05) is 6.61 Å². The lowest BCUT2D eigenvalue weighted by molar-refractivity contribution is 0.0143. The molecule has 1 nitrogen and oxygen atoms in total. The summed E-state index contributed by atoms with van der Waals surface area (Å²) in [5, 5.41) is 0. The zero-order valence-corrected chi connectivity index (χ0v) is 9.87. The van der Waals surface area contributed by atoms with E-state index in [1.165, 1.54) is 50.5 Å². The van der Waals surface area contributed by atoms with Crippen molar-refractivity contribution in [2.24, 2.45) is 0 Å². The second kappa shape index (κ2) is 4.58. The van der Waals surface area contributed by atoms with Gasteiger partial charge in [-0.15, -0.1) is 0 Å². The SMILES string of the molecule is c1cc2c(c(C3CCCCO3)c1)CCCC2. The Hall–Kier alpha value is -0.820. The van der Waals surface area contributed by atoms with Gasteiger partial charge in [-0.1, -0.05) is 18.2 Å². The number of fused-ring (bicyclic) bond motifs is 1. The lowest BCUT2D eigenvalue weighted by Gasteiger charge is -2.27. The standard InChI is InChI=1S/C15H20O/c1-2-8-13-12(6-1)7-5-9-14(13)15-10-3-4-11-16-15/h5,7,9,15H,1-4,6,8,10-11H2. The topological polar surface area (TPSA) is 9.23 Å². The van der Waals surface area contributed by atoms with Crippen LogP contribution in [-0.2, 0) is 17.6 Å². The van der Waals surface area contributed by atoms with E-state index in [0.29, 0.717) is 6.10 Å². The van der Waals surface area contributed by atoms with Crippen LogP contribution >= 0.6 is 0 Å². The predicted octanol–water partition coefficient (Wildman–Crippen LogP) is 3.81. The maximum atomic E-state index is 5.93. The molecule has 0 aromatic heterocycles. The van der Waals surface area contributed by atoms with Crippen molar-refractivity contribution in [1.29, 1.82) is 0 Å². The first-order valence-corrected chi connectivity index (χ1v) is 6.67. The van der Waals surface area contributed by atoms with Crippen LogP contribution in [0.4, 0.5) is 0 Å². The Labute approximate surface area is 97.8 Å². The fourth-order valence-corrected chi connectivity index (χ4v) is 3.10. The van der Waals surface area contributed by atoms with Gasteiger partial charge in [-0.3, -0.25) is 0 Å². The molecule has 0 bridgehead atoms. The molecular formula is C15H20O. The quantitative estimate of drug-likeness (QED) is 0.693. The highest BCUT2D eigenvalue weighted by Crippen LogP contribution is 2.34. The molecule has 3 rings (SSSR count). The van der Waals surface area contributed by atoms with Gasteiger partial charge in [-0.05, 0) is 61.6 Å². The van der Waals surface area contributed by atoms with Gasteiger partial charge in [0.05, 0.1) is 6.10 Å². The van der Waals surface area contributed by atoms with Crippen LogP contribution in [0.5, 0.6) is 0 Å². The molecule has 1 atom stereocenters. The van der Waals surface area contributed by atoms with Gasteiger partial charge in [0.15, 0.2) is 0 Å². The Morgan fingerprint density at radius 2 is 1.94 bits per heavy atom. The lowest BCUT2D eigenvalue weighted by atomic mass is 9.85. The zero-order valence-electron chi connectivity index (χ0n) is 9.87. The molecular weight excluding hydrogens is 196 g/mol. The summed E-state index contributed by atoms with van der Waals surface area (Å²) in [6, 6.07) is 6.82. The Balaban J connectivity index is 1.93. The van der Waals surface area contributed by atoms with Crippen LogP contribution in [0.25, 0.3) is 0 Å². The molecule has 1 aromatic carbocycles. The summed E-state index contributed by atoms with van der Waals surface area (Å²) in [5.41, 5.74) is 4.69. The van der Waals surface area contributed by atoms with E-state index in [4.69, 9.17) is 4.74 Å². The number of ether oxygens (including phenoxy) is 1. The molecule has 86 valence electrons. The Morgan fingerprint density at radius 3 is 2.81 bits per heavy atom. The molecule has 0 amide bonds. The van der Waals surface area contributed by atoms with Crippen molar-refractivity contribution >= 4 is 0 Å². The summed E-state index contributed by atoms with van der Waals surface area (Å²) in [4.78, 5) is 0. The highest BCUT2D eigenvalue weighted by Gasteiger charge is 2.21. The van der Waals surface area contributed by atoms with Crippen LogP contribution in [0.1, 0.15) is 54.9 Å². The third kappa shape index (κ3) is 1.89. The van der Waals surface area contributed by atoms with Gasteiger partial charge in [-0.2, -0.15) is 0 Å². The third-order valence-corrected chi connectivity index (χ3v) is 3.96. The van der Waals surface area contributed by atoms with Crippen LogP contribution in [-0.4, -0.2) is 6.61 Å². The van der Waals surface area contributed by atoms with Crippen molar-refractivity contribution in [2.45, 2.75) is 51.0 Å². The average molecular weight is 216 g/mol. The van der Waals surface area contributed by atoms with Crippen molar-refractivity contribution < 1.29 is 4.74 Å². The lowest BCUT2D eigenvalue weighted by Crippen LogP contribution is -2.15. The maximum Gasteiger partial charge on any atom is 0.0827 e. The third-order valence-electron chi connectivity index (χ3n) is 3.96. The minimum absolute atomic E-state index is 0.391. The Kier molecular flexibility index (Phi) is 2.96. The number of rotatable bonds is 1. The van der Waals surface area contributed by atoms with Gasteiger partial charge in [-0.25, -0.2) is 0 Å². The first kappa shape index (κ1) is 10.3. The minimum atomic E-state index is 0.391. The molecule has 0 N–H and O–H groups in total. The molecule has 2 aliphatic rings. The minimum Gasteiger partial charge on any atom is -0.374 e. The van der Waals surface area contributed by atoms with E-state index in [1.807, 2.05) is 0 Å². The number of benzene rings is 1. The Bertz CT molecular complexity index is 364. The molecule has 1 saturated heterocycles. The van der Waals surface area contributed by atoms with Crippen molar-refractivity contribution in [1.82, 2.24) is 0 Å². The highest BCUT2D eigenvalue weighted by molar-refractivity contribution is 5.38. The molecule has 1 aliphatic carbocycles. The fraction of sp³-hybridized carbons (Fsp3) is 0.600. The predicted molar refractivity (Wildman–Crippen MR) is 65.6 cm³/mol. The van der Waals surface area contributed by atoms with E-state index in [2.05, 4.69) is 18.2 Å². The molecule has 0 saturated carbocycles. The van der Waals surface area contributed by atoms with Crippen molar-refractivity contribution in [3.63, 3.8) is 0 Å². The van der Waals surface area contributed by atoms with Crippen LogP contribution in [0.2, 0.25) is 0 Å². The van der Waals surface area contributed by atoms with E-state index < -0.39 is 0 Å². The van der Waals surface area contributed by atoms with Crippen molar-refractivity contribution in [3.05, 3.63) is 34.9 Å². The van der Waals surface area contributed by atoms with Crippen molar-refractivity contribution in [3.8, 4) is 0 Å². The van der Waals surface area contributed by atoms with E-state index in [0.717, 1.165) is 6.61 Å². The Morgan fingerprint density at radius 1 is 1.00 bits per heavy atom. The second-order valence-electron chi connectivity index (χ2n) is 5.05. The van der Waals surface area contributed by atoms with Gasteiger partial charge in [0.1, 0.15) is 0 Å². The summed E-state index contributed by atoms with van der Waals surface area (Å²) in [7, 11) is 0. The van der Waals surface area contributed by atoms with E-state index >= 15 is 0 Å². The molecule has 16 heavy (non-hydrogen) atoms. The first-order valence-electron chi connectivity index (χ1n) is 6.67. The monoisotopic (exact) mass is 216 g/mol. The second-order valence-corrected chi connectivity index (χ2v) is 5.05. The van der Waals surface area contributed by atoms with Gasteiger partial charge in [0.2, 0.25) is 0 Å². The number of aryl methyl sites for hydroxylation is 1. The molecule has 1 aliphatic heterocycles. The van der Waals surface area contributed by atoms with Crippen LogP contribution < -0.4 is 0 Å². The number of hydrogen-bond donors (Lipinski definition) is 0. The van der Waals surface area contributed by atoms with Gasteiger partial charge >= 0.3 is 0 Å². The first-order chi connectivity index (χ1) is 7.95. The smallest absolute Gasteiger partial charge is 0.0827 e. The average Bonchev–Trinajstić information content (AvgIpc) is 2.39. The molecule has 1 heterocycles. The van der Waals surface area contributed by atoms with Crippen LogP contribution in [0.3, 0.4) is 0 Å². The molecule has 0 spiro atoms. The summed E-state index contributed by atoms with van der Waals surface area (Å²) in [6.45, 7) is 0.953. The molecule has 1 aromatic rings. The van der Waals surface area contributed by atoms with E-state index in [1.54, 1.807) is 11.1 Å². The maximum absolute atomic E-state index is 5.93. The molecule has 0 radical (unpaired) electrons. The van der Waals surface area contributed by atoms with Gasteiger partial charge < -0.3 is 4.74 Å². The summed E-state index contributed by atoms with van der Waals surface area (Å²) in [5.74, 6) is 0. The highest BCUT2D eigenvalue weighted by atomic mass is 16.5. The molecule has 1 heteroatoms. The van der Waals surface area contributed by atoms with E-state index in [-0.39, 0.29) is 0 Å². The van der Waals surface area contributed by atoms with Gasteiger partial charge in [0.25, 0.3) is 0 Å². The van der Waals surface area contributed by atoms with E-state index in [9.17, 15) is 0 Å². The summed E-state index contributed by atoms with van der Waals surface area (Å²) < 4.78 is 5.93. The number of hydrogen-bond acceptors (Lipinski definition) is 1. The van der Waals surface area contributed by atoms with Crippen LogP contribution in [0.15, 0.2) is 18.2 Å². The van der Waals surface area contributed by atoms with Crippen LogP contribution in [0, 0.1) is 0 Å². The fourth-order valence-electron chi connectivity index (χ4n) is 3.10. The molecule has 1 unspecified atom stereocenters. The van der Waals surface area contributed by atoms with Crippen molar-refractivity contribution in [2.75, 3.05) is 6.61 Å². The zero-order chi connectivity index (χ0) is 10.8. The summed E-state index contributed by atoms with van der Waals surface area (Å²) >= 11 is 0. The molecule has 1 fully saturated rings.